The molecule has 0 aliphatic heterocycles. The Hall–Kier alpha value is -2.42. The minimum atomic E-state index is -0.00577. The van der Waals surface area contributed by atoms with Crippen molar-refractivity contribution in [2.45, 2.75) is 32.6 Å². The lowest BCUT2D eigenvalue weighted by Crippen LogP contribution is -2.11. The van der Waals surface area contributed by atoms with Crippen molar-refractivity contribution in [3.8, 4) is 0 Å². The largest absolute Gasteiger partial charge is 0.326 e. The maximum absolute atomic E-state index is 11.9. The molecule has 0 fully saturated rings. The van der Waals surface area contributed by atoms with Gasteiger partial charge in [-0.15, -0.1) is 0 Å². The summed E-state index contributed by atoms with van der Waals surface area (Å²) in [6.45, 7) is 1.52. The Morgan fingerprint density at radius 2 is 1.73 bits per heavy atom. The summed E-state index contributed by atoms with van der Waals surface area (Å²) >= 11 is 0. The van der Waals surface area contributed by atoms with E-state index < -0.39 is 0 Å². The molecule has 0 saturated heterocycles. The number of hydrogen-bond donors (Lipinski definition) is 1. The number of anilines is 1. The minimum Gasteiger partial charge on any atom is -0.326 e. The van der Waals surface area contributed by atoms with Gasteiger partial charge in [-0.05, 0) is 43.9 Å². The standard InChI is InChI=1S/C19H21NO2/c1-15(21)17-11-7-12-18(14-17)20-19(22)13-6-5-10-16-8-3-2-4-9-16/h2-4,7-9,11-12,14H,5-6,10,13H2,1H3,(H,20,22). The average molecular weight is 295 g/mol. The lowest BCUT2D eigenvalue weighted by Gasteiger charge is -2.06. The minimum absolute atomic E-state index is 0.000963. The number of benzene rings is 2. The molecule has 0 aliphatic rings. The van der Waals surface area contributed by atoms with Crippen molar-refractivity contribution in [1.29, 1.82) is 0 Å². The molecule has 0 atom stereocenters. The molecule has 0 spiro atoms. The van der Waals surface area contributed by atoms with Crippen LogP contribution < -0.4 is 5.32 Å². The maximum atomic E-state index is 11.9. The first-order valence-corrected chi connectivity index (χ1v) is 7.60. The van der Waals surface area contributed by atoms with Gasteiger partial charge in [-0.25, -0.2) is 0 Å². The molecular weight excluding hydrogens is 274 g/mol. The van der Waals surface area contributed by atoms with Crippen LogP contribution in [0.25, 0.3) is 0 Å². The summed E-state index contributed by atoms with van der Waals surface area (Å²) in [7, 11) is 0. The molecule has 0 heterocycles. The first-order chi connectivity index (χ1) is 10.6. The molecule has 0 bridgehead atoms. The normalized spacial score (nSPS) is 10.2. The van der Waals surface area contributed by atoms with E-state index in [1.165, 1.54) is 12.5 Å². The highest BCUT2D eigenvalue weighted by Gasteiger charge is 2.05. The van der Waals surface area contributed by atoms with Crippen LogP contribution in [0, 0.1) is 0 Å². The van der Waals surface area contributed by atoms with E-state index in [1.807, 2.05) is 18.2 Å². The van der Waals surface area contributed by atoms with Gasteiger partial charge in [0.15, 0.2) is 5.78 Å². The van der Waals surface area contributed by atoms with E-state index in [1.54, 1.807) is 24.3 Å². The fraction of sp³-hybridized carbons (Fsp3) is 0.263. The van der Waals surface area contributed by atoms with Gasteiger partial charge in [0, 0.05) is 17.7 Å². The van der Waals surface area contributed by atoms with Gasteiger partial charge in [-0.1, -0.05) is 42.5 Å². The van der Waals surface area contributed by atoms with Gasteiger partial charge in [0.2, 0.25) is 5.91 Å². The van der Waals surface area contributed by atoms with Gasteiger partial charge in [-0.2, -0.15) is 0 Å². The molecule has 0 aliphatic carbocycles. The van der Waals surface area contributed by atoms with Crippen molar-refractivity contribution in [3.63, 3.8) is 0 Å². The van der Waals surface area contributed by atoms with E-state index >= 15 is 0 Å². The zero-order valence-corrected chi connectivity index (χ0v) is 12.8. The molecule has 3 heteroatoms. The Kier molecular flexibility index (Phi) is 5.90. The van der Waals surface area contributed by atoms with Gasteiger partial charge in [0.25, 0.3) is 0 Å². The summed E-state index contributed by atoms with van der Waals surface area (Å²) < 4.78 is 0. The number of rotatable bonds is 7. The first kappa shape index (κ1) is 16.0. The molecular formula is C19H21NO2. The van der Waals surface area contributed by atoms with Gasteiger partial charge < -0.3 is 5.32 Å². The number of hydrogen-bond acceptors (Lipinski definition) is 2. The SMILES string of the molecule is CC(=O)c1cccc(NC(=O)CCCCc2ccccc2)c1. The van der Waals surface area contributed by atoms with Crippen molar-refractivity contribution < 1.29 is 9.59 Å². The molecule has 114 valence electrons. The second-order valence-electron chi connectivity index (χ2n) is 5.38. The third-order valence-electron chi connectivity index (χ3n) is 3.51. The Labute approximate surface area is 131 Å². The lowest BCUT2D eigenvalue weighted by molar-refractivity contribution is -0.116. The molecule has 3 nitrogen and oxygen atoms in total. The van der Waals surface area contributed by atoms with E-state index in [4.69, 9.17) is 0 Å². The first-order valence-electron chi connectivity index (χ1n) is 7.60. The molecule has 0 unspecified atom stereocenters. The van der Waals surface area contributed by atoms with Crippen LogP contribution in [0.2, 0.25) is 0 Å². The fourth-order valence-corrected chi connectivity index (χ4v) is 2.30. The van der Waals surface area contributed by atoms with Crippen LogP contribution in [0.3, 0.4) is 0 Å². The van der Waals surface area contributed by atoms with Gasteiger partial charge >= 0.3 is 0 Å². The van der Waals surface area contributed by atoms with Crippen molar-refractivity contribution in [2.24, 2.45) is 0 Å². The van der Waals surface area contributed by atoms with Crippen molar-refractivity contribution >= 4 is 17.4 Å². The summed E-state index contributed by atoms with van der Waals surface area (Å²) in [5, 5.41) is 2.84. The number of amides is 1. The third kappa shape index (κ3) is 5.17. The van der Waals surface area contributed by atoms with Crippen LogP contribution >= 0.6 is 0 Å². The molecule has 1 N–H and O–H groups in total. The number of unbranched alkanes of at least 4 members (excludes halogenated alkanes) is 1. The fourth-order valence-electron chi connectivity index (χ4n) is 2.30. The Balaban J connectivity index is 1.74. The zero-order valence-electron chi connectivity index (χ0n) is 12.8. The number of ketones is 1. The smallest absolute Gasteiger partial charge is 0.224 e. The topological polar surface area (TPSA) is 46.2 Å². The van der Waals surface area contributed by atoms with Crippen LogP contribution in [0.5, 0.6) is 0 Å². The van der Waals surface area contributed by atoms with E-state index in [9.17, 15) is 9.59 Å². The van der Waals surface area contributed by atoms with Crippen LogP contribution in [0.15, 0.2) is 54.6 Å². The third-order valence-corrected chi connectivity index (χ3v) is 3.51. The average Bonchev–Trinajstić information content (AvgIpc) is 2.53. The predicted octanol–water partition coefficient (Wildman–Crippen LogP) is 4.24. The Morgan fingerprint density at radius 1 is 0.955 bits per heavy atom. The predicted molar refractivity (Wildman–Crippen MR) is 89.1 cm³/mol. The number of nitrogens with one attached hydrogen (secondary N) is 1. The van der Waals surface area contributed by atoms with Crippen LogP contribution in [0.4, 0.5) is 5.69 Å². The van der Waals surface area contributed by atoms with Gasteiger partial charge in [-0.3, -0.25) is 9.59 Å². The van der Waals surface area contributed by atoms with Gasteiger partial charge in [0.1, 0.15) is 0 Å². The van der Waals surface area contributed by atoms with Crippen molar-refractivity contribution in [3.05, 3.63) is 65.7 Å². The van der Waals surface area contributed by atoms with Crippen LogP contribution in [-0.2, 0) is 11.2 Å². The molecule has 22 heavy (non-hydrogen) atoms. The van der Waals surface area contributed by atoms with E-state index in [2.05, 4.69) is 17.4 Å². The monoisotopic (exact) mass is 295 g/mol. The zero-order chi connectivity index (χ0) is 15.8. The number of carbonyl (C=O) groups is 2. The summed E-state index contributed by atoms with van der Waals surface area (Å²) in [6.07, 6.45) is 3.34. The molecule has 0 saturated carbocycles. The number of carbonyl (C=O) groups excluding carboxylic acids is 2. The van der Waals surface area contributed by atoms with E-state index in [-0.39, 0.29) is 11.7 Å². The summed E-state index contributed by atoms with van der Waals surface area (Å²) in [4.78, 5) is 23.2. The second-order valence-corrected chi connectivity index (χ2v) is 5.38. The molecule has 2 aromatic carbocycles. The lowest BCUT2D eigenvalue weighted by atomic mass is 10.1. The number of aryl methyl sites for hydroxylation is 1. The van der Waals surface area contributed by atoms with E-state index in [0.717, 1.165) is 19.3 Å². The van der Waals surface area contributed by atoms with Gasteiger partial charge in [0.05, 0.1) is 0 Å². The highest BCUT2D eigenvalue weighted by atomic mass is 16.1. The molecule has 0 aromatic heterocycles. The van der Waals surface area contributed by atoms with Crippen LogP contribution in [-0.4, -0.2) is 11.7 Å². The van der Waals surface area contributed by atoms with Crippen molar-refractivity contribution in [2.75, 3.05) is 5.32 Å². The summed E-state index contributed by atoms with van der Waals surface area (Å²) in [5.74, 6) is -0.00674. The molecule has 0 radical (unpaired) electrons. The van der Waals surface area contributed by atoms with Crippen LogP contribution in [0.1, 0.15) is 42.1 Å². The second kappa shape index (κ2) is 8.13. The molecule has 1 amide bonds. The maximum Gasteiger partial charge on any atom is 0.224 e. The quantitative estimate of drug-likeness (QED) is 0.613. The summed E-state index contributed by atoms with van der Waals surface area (Å²) in [6, 6.07) is 17.3. The Bertz CT molecular complexity index is 635. The Morgan fingerprint density at radius 3 is 2.45 bits per heavy atom. The molecule has 2 aromatic rings. The molecule has 2 rings (SSSR count). The highest BCUT2D eigenvalue weighted by Crippen LogP contribution is 2.12. The highest BCUT2D eigenvalue weighted by molar-refractivity contribution is 5.97. The van der Waals surface area contributed by atoms with Crippen molar-refractivity contribution in [1.82, 2.24) is 0 Å². The summed E-state index contributed by atoms with van der Waals surface area (Å²) in [5.41, 5.74) is 2.60. The number of Topliss-reactive ketones (excluding diaryl/α,β-unsaturated/α-hetero) is 1. The van der Waals surface area contributed by atoms with E-state index in [0.29, 0.717) is 17.7 Å².